The van der Waals surface area contributed by atoms with Crippen molar-refractivity contribution in [3.05, 3.63) is 109 Å². The zero-order valence-electron chi connectivity index (χ0n) is 15.0. The molecule has 0 unspecified atom stereocenters. The minimum atomic E-state index is -0.826. The van der Waals surface area contributed by atoms with Crippen molar-refractivity contribution in [2.75, 3.05) is 0 Å². The van der Waals surface area contributed by atoms with Crippen LogP contribution in [-0.2, 0) is 20.8 Å². The number of hydrogen-bond acceptors (Lipinski definition) is 0. The SMILES string of the molecule is CC1=CC=C(C)[C]2[CH][CH][CH][C]21.CC1=CC=C(C)[C]2[CH][CH][CH][C]21.[Cl][Zr][Cl]. The summed E-state index contributed by atoms with van der Waals surface area (Å²) in [6.45, 7) is 8.62. The molecule has 25 heavy (non-hydrogen) atoms. The second-order valence-corrected chi connectivity index (χ2v) is 9.91. The summed E-state index contributed by atoms with van der Waals surface area (Å²) in [5.41, 5.74) is 5.48. The predicted octanol–water partition coefficient (Wildman–Crippen LogP) is 6.71. The van der Waals surface area contributed by atoms with Crippen LogP contribution in [0.15, 0.2) is 46.6 Å². The van der Waals surface area contributed by atoms with Gasteiger partial charge in [-0.05, 0) is 66.2 Å². The molecule has 4 rings (SSSR count). The Morgan fingerprint density at radius 2 is 0.720 bits per heavy atom. The van der Waals surface area contributed by atoms with E-state index < -0.39 is 20.8 Å². The molecular formula is C22H22Cl2Zr. The van der Waals surface area contributed by atoms with Crippen LogP contribution in [0, 0.1) is 62.2 Å². The molecule has 2 fully saturated rings. The Kier molecular flexibility index (Phi) is 9.28. The Morgan fingerprint density at radius 1 is 0.520 bits per heavy atom. The van der Waals surface area contributed by atoms with E-state index in [2.05, 4.69) is 90.5 Å². The third-order valence-electron chi connectivity index (χ3n) is 4.50. The molecule has 0 aliphatic heterocycles. The Bertz CT molecular complexity index is 473. The van der Waals surface area contributed by atoms with Gasteiger partial charge in [0.25, 0.3) is 0 Å². The maximum atomic E-state index is 4.93. The molecule has 0 saturated heterocycles. The average Bonchev–Trinajstić information content (AvgIpc) is 3.26. The molecular weight excluding hydrogens is 426 g/mol. The molecule has 3 heteroatoms. The molecule has 4 aliphatic rings. The number of hydrogen-bond donors (Lipinski definition) is 0. The first-order valence-electron chi connectivity index (χ1n) is 8.19. The van der Waals surface area contributed by atoms with E-state index in [9.17, 15) is 0 Å². The fraction of sp³-hybridized carbons (Fsp3) is 0.182. The van der Waals surface area contributed by atoms with Gasteiger partial charge >= 0.3 is 37.9 Å². The summed E-state index contributed by atoms with van der Waals surface area (Å²) >= 11 is -0.826. The summed E-state index contributed by atoms with van der Waals surface area (Å²) in [6.07, 6.45) is 21.7. The van der Waals surface area contributed by atoms with Gasteiger partial charge in [0.1, 0.15) is 0 Å². The van der Waals surface area contributed by atoms with E-state index in [0.717, 1.165) is 0 Å². The minimum absolute atomic E-state index is 0.826. The molecule has 10 radical (unpaired) electrons. The normalized spacial score (nSPS) is 23.8. The van der Waals surface area contributed by atoms with Gasteiger partial charge in [0.2, 0.25) is 0 Å². The molecule has 0 heterocycles. The Morgan fingerprint density at radius 3 is 0.920 bits per heavy atom. The van der Waals surface area contributed by atoms with Crippen LogP contribution in [0.5, 0.6) is 0 Å². The van der Waals surface area contributed by atoms with Gasteiger partial charge in [0.15, 0.2) is 0 Å². The van der Waals surface area contributed by atoms with E-state index in [0.29, 0.717) is 0 Å². The number of allylic oxidation sites excluding steroid dienone is 8. The summed E-state index contributed by atoms with van der Waals surface area (Å²) in [5, 5.41) is 0. The molecule has 4 aliphatic carbocycles. The van der Waals surface area contributed by atoms with E-state index in [1.807, 2.05) is 0 Å². The monoisotopic (exact) mass is 446 g/mol. The molecule has 0 N–H and O–H groups in total. The van der Waals surface area contributed by atoms with E-state index >= 15 is 0 Å². The second-order valence-electron chi connectivity index (χ2n) is 6.18. The quantitative estimate of drug-likeness (QED) is 0.386. The summed E-state index contributed by atoms with van der Waals surface area (Å²) in [7, 11) is 9.87. The van der Waals surface area contributed by atoms with Crippen molar-refractivity contribution in [1.29, 1.82) is 0 Å². The molecule has 128 valence electrons. The van der Waals surface area contributed by atoms with Gasteiger partial charge in [-0.25, -0.2) is 0 Å². The van der Waals surface area contributed by atoms with Gasteiger partial charge in [-0.3, -0.25) is 0 Å². The van der Waals surface area contributed by atoms with Crippen LogP contribution in [0.1, 0.15) is 27.7 Å². The summed E-state index contributed by atoms with van der Waals surface area (Å²) in [4.78, 5) is 0. The van der Waals surface area contributed by atoms with Gasteiger partial charge in [-0.15, -0.1) is 0 Å². The first-order valence-corrected chi connectivity index (χ1v) is 14.5. The van der Waals surface area contributed by atoms with Crippen LogP contribution < -0.4 is 0 Å². The van der Waals surface area contributed by atoms with Crippen molar-refractivity contribution in [1.82, 2.24) is 0 Å². The van der Waals surface area contributed by atoms with Crippen molar-refractivity contribution < 1.29 is 20.8 Å². The van der Waals surface area contributed by atoms with Gasteiger partial charge in [-0.2, -0.15) is 0 Å². The topological polar surface area (TPSA) is 0 Å². The molecule has 2 saturated carbocycles. The maximum absolute atomic E-state index is 4.93. The molecule has 0 spiro atoms. The second kappa shape index (κ2) is 10.7. The standard InChI is InChI=1S/2C11H11.2ClH.Zr/c2*1-8-6-7-9(2)11-5-3-4-10(8)11;;;/h2*3-7H,1-2H3;2*1H;/q;;;;+2/p-2. The molecule has 0 amide bonds. The zero-order valence-corrected chi connectivity index (χ0v) is 19.0. The van der Waals surface area contributed by atoms with E-state index in [1.54, 1.807) is 0 Å². The molecule has 0 nitrogen and oxygen atoms in total. The first-order chi connectivity index (χ1) is 12.0. The molecule has 0 aromatic rings. The third-order valence-corrected chi connectivity index (χ3v) is 4.50. The van der Waals surface area contributed by atoms with Crippen LogP contribution in [0.4, 0.5) is 0 Å². The van der Waals surface area contributed by atoms with Crippen LogP contribution in [0.3, 0.4) is 0 Å². The Hall–Kier alpha value is 0.423. The summed E-state index contributed by atoms with van der Waals surface area (Å²) in [6, 6.07) is 0. The van der Waals surface area contributed by atoms with Crippen molar-refractivity contribution >= 4 is 17.0 Å². The van der Waals surface area contributed by atoms with Gasteiger partial charge < -0.3 is 0 Å². The van der Waals surface area contributed by atoms with Gasteiger partial charge in [-0.1, -0.05) is 46.6 Å². The fourth-order valence-electron chi connectivity index (χ4n) is 3.07. The van der Waals surface area contributed by atoms with E-state index in [4.69, 9.17) is 17.0 Å². The van der Waals surface area contributed by atoms with Crippen LogP contribution in [0.25, 0.3) is 0 Å². The van der Waals surface area contributed by atoms with Gasteiger partial charge in [0, 0.05) is 23.7 Å². The Labute approximate surface area is 173 Å². The van der Waals surface area contributed by atoms with Crippen molar-refractivity contribution in [3.63, 3.8) is 0 Å². The number of rotatable bonds is 0. The van der Waals surface area contributed by atoms with Crippen molar-refractivity contribution in [2.45, 2.75) is 27.7 Å². The Balaban J connectivity index is 0.000000156. The van der Waals surface area contributed by atoms with Crippen LogP contribution in [0.2, 0.25) is 0 Å². The van der Waals surface area contributed by atoms with Crippen LogP contribution in [-0.4, -0.2) is 0 Å². The number of halogens is 2. The van der Waals surface area contributed by atoms with Crippen molar-refractivity contribution in [2.24, 2.45) is 0 Å². The zero-order chi connectivity index (χ0) is 18.4. The van der Waals surface area contributed by atoms with Crippen molar-refractivity contribution in [3.8, 4) is 0 Å². The third kappa shape index (κ3) is 5.70. The van der Waals surface area contributed by atoms with Crippen LogP contribution >= 0.6 is 17.0 Å². The molecule has 0 bridgehead atoms. The van der Waals surface area contributed by atoms with E-state index in [1.165, 1.54) is 46.0 Å². The fourth-order valence-corrected chi connectivity index (χ4v) is 3.07. The van der Waals surface area contributed by atoms with E-state index in [-0.39, 0.29) is 0 Å². The number of fused-ring (bicyclic) bond motifs is 2. The summed E-state index contributed by atoms with van der Waals surface area (Å²) < 4.78 is 0. The van der Waals surface area contributed by atoms with Gasteiger partial charge in [0.05, 0.1) is 0 Å². The first kappa shape index (κ1) is 21.7. The molecule has 0 aromatic heterocycles. The summed E-state index contributed by atoms with van der Waals surface area (Å²) in [5.74, 6) is 5.57. The average molecular weight is 449 g/mol. The molecule has 0 aromatic carbocycles. The predicted molar refractivity (Wildman–Crippen MR) is 106 cm³/mol. The molecule has 0 atom stereocenters.